The van der Waals surface area contributed by atoms with Crippen LogP contribution in [0.25, 0.3) is 0 Å². The molecule has 0 spiro atoms. The zero-order valence-corrected chi connectivity index (χ0v) is 10.2. The maximum atomic E-state index is 9.62. The first-order valence-corrected chi connectivity index (χ1v) is 6.62. The lowest BCUT2D eigenvalue weighted by atomic mass is 10.3. The average molecular weight is 231 g/mol. The molecule has 1 unspecified atom stereocenters. The smallest absolute Gasteiger partial charge is 0.0758 e. The van der Waals surface area contributed by atoms with E-state index in [-0.39, 0.29) is 6.10 Å². The third-order valence-electron chi connectivity index (χ3n) is 1.67. The molecule has 1 aromatic heterocycles. The molecular formula is C10H17NOS2. The molecular weight excluding hydrogens is 214 g/mol. The summed E-state index contributed by atoms with van der Waals surface area (Å²) in [5.74, 6) is 0.764. The maximum Gasteiger partial charge on any atom is 0.0758 e. The number of nitrogens with one attached hydrogen (secondary N) is 1. The molecule has 0 saturated carbocycles. The number of aliphatic hydroxyl groups is 1. The van der Waals surface area contributed by atoms with Gasteiger partial charge in [-0.1, -0.05) is 19.9 Å². The highest BCUT2D eigenvalue weighted by molar-refractivity contribution is 8.01. The third-order valence-corrected chi connectivity index (χ3v) is 3.95. The Balaban J connectivity index is 2.12. The Labute approximate surface area is 93.7 Å². The van der Waals surface area contributed by atoms with Crippen LogP contribution in [-0.2, 0) is 0 Å². The Morgan fingerprint density at radius 3 is 2.93 bits per heavy atom. The summed E-state index contributed by atoms with van der Waals surface area (Å²) in [5, 5.41) is 14.9. The predicted octanol–water partition coefficient (Wildman–Crippen LogP) is 2.20. The second-order valence-electron chi connectivity index (χ2n) is 3.46. The van der Waals surface area contributed by atoms with Crippen LogP contribution in [0.15, 0.2) is 21.7 Å². The molecule has 0 aromatic carbocycles. The predicted molar refractivity (Wildman–Crippen MR) is 64.2 cm³/mol. The van der Waals surface area contributed by atoms with E-state index >= 15 is 0 Å². The summed E-state index contributed by atoms with van der Waals surface area (Å²) in [5.41, 5.74) is 0. The second kappa shape index (κ2) is 6.45. The molecule has 1 atom stereocenters. The summed E-state index contributed by atoms with van der Waals surface area (Å²) in [6.45, 7) is 4.84. The molecule has 2 N–H and O–H groups in total. The van der Waals surface area contributed by atoms with Crippen LogP contribution in [0.4, 0.5) is 0 Å². The van der Waals surface area contributed by atoms with E-state index in [9.17, 15) is 5.11 Å². The van der Waals surface area contributed by atoms with Gasteiger partial charge in [-0.2, -0.15) is 0 Å². The summed E-state index contributed by atoms with van der Waals surface area (Å²) < 4.78 is 1.27. The highest BCUT2D eigenvalue weighted by Crippen LogP contribution is 2.23. The number of hydrogen-bond donors (Lipinski definition) is 2. The standard InChI is InChI=1S/C10H17NOS2/c1-8(2)11-6-9(12)7-14-10-4-3-5-13-10/h3-5,8-9,11-12H,6-7H2,1-2H3. The first-order valence-electron chi connectivity index (χ1n) is 4.76. The lowest BCUT2D eigenvalue weighted by Gasteiger charge is -2.12. The minimum Gasteiger partial charge on any atom is -0.391 e. The quantitative estimate of drug-likeness (QED) is 0.736. The second-order valence-corrected chi connectivity index (χ2v) is 5.73. The molecule has 0 fully saturated rings. The molecule has 0 saturated heterocycles. The normalized spacial score (nSPS) is 13.4. The molecule has 4 heteroatoms. The van der Waals surface area contributed by atoms with Crippen molar-refractivity contribution in [3.05, 3.63) is 17.5 Å². The van der Waals surface area contributed by atoms with Crippen molar-refractivity contribution < 1.29 is 5.11 Å². The monoisotopic (exact) mass is 231 g/mol. The van der Waals surface area contributed by atoms with Crippen molar-refractivity contribution in [2.45, 2.75) is 30.2 Å². The van der Waals surface area contributed by atoms with Gasteiger partial charge in [0.15, 0.2) is 0 Å². The largest absolute Gasteiger partial charge is 0.391 e. The van der Waals surface area contributed by atoms with Crippen LogP contribution in [-0.4, -0.2) is 29.5 Å². The van der Waals surface area contributed by atoms with E-state index in [1.165, 1.54) is 4.21 Å². The Morgan fingerprint density at radius 2 is 2.36 bits per heavy atom. The number of rotatable bonds is 6. The van der Waals surface area contributed by atoms with Crippen LogP contribution in [0.3, 0.4) is 0 Å². The fourth-order valence-electron chi connectivity index (χ4n) is 0.955. The van der Waals surface area contributed by atoms with Gasteiger partial charge in [0.05, 0.1) is 10.3 Å². The van der Waals surface area contributed by atoms with Crippen molar-refractivity contribution >= 4 is 23.1 Å². The van der Waals surface area contributed by atoms with Gasteiger partial charge in [-0.25, -0.2) is 0 Å². The number of aliphatic hydroxyl groups excluding tert-OH is 1. The summed E-state index contributed by atoms with van der Waals surface area (Å²) in [6.07, 6.45) is -0.260. The lowest BCUT2D eigenvalue weighted by molar-refractivity contribution is 0.192. The van der Waals surface area contributed by atoms with Crippen LogP contribution in [0.2, 0.25) is 0 Å². The molecule has 2 nitrogen and oxygen atoms in total. The van der Waals surface area contributed by atoms with Gasteiger partial charge in [-0.3, -0.25) is 0 Å². The molecule has 0 aliphatic heterocycles. The Kier molecular flexibility index (Phi) is 5.55. The van der Waals surface area contributed by atoms with E-state index in [2.05, 4.69) is 30.6 Å². The summed E-state index contributed by atoms with van der Waals surface area (Å²) in [4.78, 5) is 0. The number of thiophene rings is 1. The highest BCUT2D eigenvalue weighted by atomic mass is 32.2. The van der Waals surface area contributed by atoms with Crippen molar-refractivity contribution in [2.24, 2.45) is 0 Å². The van der Waals surface area contributed by atoms with Crippen molar-refractivity contribution in [1.82, 2.24) is 5.32 Å². The molecule has 0 aliphatic carbocycles. The number of thioether (sulfide) groups is 1. The summed E-state index contributed by atoms with van der Waals surface area (Å²) in [7, 11) is 0. The molecule has 1 aromatic rings. The Bertz CT molecular complexity index is 236. The lowest BCUT2D eigenvalue weighted by Crippen LogP contribution is -2.33. The molecule has 1 heterocycles. The van der Waals surface area contributed by atoms with Gasteiger partial charge < -0.3 is 10.4 Å². The van der Waals surface area contributed by atoms with Crippen molar-refractivity contribution in [3.8, 4) is 0 Å². The van der Waals surface area contributed by atoms with Gasteiger partial charge in [0, 0.05) is 18.3 Å². The van der Waals surface area contributed by atoms with Gasteiger partial charge >= 0.3 is 0 Å². The van der Waals surface area contributed by atoms with Crippen molar-refractivity contribution in [2.75, 3.05) is 12.3 Å². The van der Waals surface area contributed by atoms with Gasteiger partial charge in [-0.15, -0.1) is 23.1 Å². The first kappa shape index (κ1) is 12.0. The fraction of sp³-hybridized carbons (Fsp3) is 0.600. The van der Waals surface area contributed by atoms with Crippen molar-refractivity contribution in [1.29, 1.82) is 0 Å². The Morgan fingerprint density at radius 1 is 1.57 bits per heavy atom. The van der Waals surface area contributed by atoms with E-state index in [1.807, 2.05) is 6.07 Å². The van der Waals surface area contributed by atoms with Gasteiger partial charge in [-0.05, 0) is 11.4 Å². The minimum absolute atomic E-state index is 0.260. The van der Waals surface area contributed by atoms with E-state index in [4.69, 9.17) is 0 Å². The number of hydrogen-bond acceptors (Lipinski definition) is 4. The first-order chi connectivity index (χ1) is 6.68. The van der Waals surface area contributed by atoms with E-state index in [0.717, 1.165) is 5.75 Å². The molecule has 1 rings (SSSR count). The zero-order valence-electron chi connectivity index (χ0n) is 8.56. The Hall–Kier alpha value is -0.0300. The van der Waals surface area contributed by atoms with E-state index < -0.39 is 0 Å². The SMILES string of the molecule is CC(C)NCC(O)CSc1cccs1. The van der Waals surface area contributed by atoms with Crippen LogP contribution in [0.1, 0.15) is 13.8 Å². The minimum atomic E-state index is -0.260. The van der Waals surface area contributed by atoms with Crippen LogP contribution in [0.5, 0.6) is 0 Å². The van der Waals surface area contributed by atoms with Crippen molar-refractivity contribution in [3.63, 3.8) is 0 Å². The average Bonchev–Trinajstić information content (AvgIpc) is 2.63. The van der Waals surface area contributed by atoms with Gasteiger partial charge in [0.1, 0.15) is 0 Å². The third kappa shape index (κ3) is 5.00. The summed E-state index contributed by atoms with van der Waals surface area (Å²) in [6, 6.07) is 4.56. The zero-order chi connectivity index (χ0) is 10.4. The van der Waals surface area contributed by atoms with E-state index in [1.54, 1.807) is 23.1 Å². The highest BCUT2D eigenvalue weighted by Gasteiger charge is 2.05. The molecule has 0 aliphatic rings. The maximum absolute atomic E-state index is 9.62. The van der Waals surface area contributed by atoms with Crippen LogP contribution >= 0.6 is 23.1 Å². The molecule has 0 radical (unpaired) electrons. The molecule has 80 valence electrons. The molecule has 0 bridgehead atoms. The van der Waals surface area contributed by atoms with Gasteiger partial charge in [0.2, 0.25) is 0 Å². The van der Waals surface area contributed by atoms with Gasteiger partial charge in [0.25, 0.3) is 0 Å². The van der Waals surface area contributed by atoms with E-state index in [0.29, 0.717) is 12.6 Å². The topological polar surface area (TPSA) is 32.3 Å². The molecule has 14 heavy (non-hydrogen) atoms. The molecule has 0 amide bonds. The fourth-order valence-corrected chi connectivity index (χ4v) is 2.70. The van der Waals surface area contributed by atoms with Crippen LogP contribution in [0, 0.1) is 0 Å². The van der Waals surface area contributed by atoms with Crippen LogP contribution < -0.4 is 5.32 Å². The summed E-state index contributed by atoms with van der Waals surface area (Å²) >= 11 is 3.44.